The SMILES string of the molecule is COc1ccccc1C(CNC(=O)c1cccc(S(=O)(=O)N(C)C)c1)N(C)C. The van der Waals surface area contributed by atoms with Crippen LogP contribution in [0.5, 0.6) is 5.75 Å². The normalized spacial score (nSPS) is 12.8. The minimum atomic E-state index is -3.60. The van der Waals surface area contributed by atoms with Crippen LogP contribution in [0.25, 0.3) is 0 Å². The molecular formula is C20H27N3O4S. The van der Waals surface area contributed by atoms with Crippen molar-refractivity contribution in [3.8, 4) is 5.75 Å². The molecule has 0 radical (unpaired) electrons. The summed E-state index contributed by atoms with van der Waals surface area (Å²) in [5.41, 5.74) is 1.25. The van der Waals surface area contributed by atoms with Crippen molar-refractivity contribution in [1.82, 2.24) is 14.5 Å². The Morgan fingerprint density at radius 1 is 1.07 bits per heavy atom. The van der Waals surface area contributed by atoms with Crippen LogP contribution >= 0.6 is 0 Å². The third kappa shape index (κ3) is 4.89. The molecule has 0 saturated carbocycles. The molecule has 8 heteroatoms. The van der Waals surface area contributed by atoms with E-state index in [9.17, 15) is 13.2 Å². The highest BCUT2D eigenvalue weighted by molar-refractivity contribution is 7.89. The molecule has 1 unspecified atom stereocenters. The molecule has 2 aromatic carbocycles. The van der Waals surface area contributed by atoms with Crippen LogP contribution in [-0.4, -0.2) is 65.4 Å². The smallest absolute Gasteiger partial charge is 0.251 e. The molecule has 0 spiro atoms. The molecule has 2 rings (SSSR count). The summed E-state index contributed by atoms with van der Waals surface area (Å²) in [4.78, 5) is 14.7. The molecule has 0 aliphatic carbocycles. The number of methoxy groups -OCH3 is 1. The number of nitrogens with zero attached hydrogens (tertiary/aromatic N) is 2. The summed E-state index contributed by atoms with van der Waals surface area (Å²) in [7, 11) is 4.77. The van der Waals surface area contributed by atoms with E-state index >= 15 is 0 Å². The van der Waals surface area contributed by atoms with Crippen molar-refractivity contribution >= 4 is 15.9 Å². The summed E-state index contributed by atoms with van der Waals surface area (Å²) in [6.45, 7) is 0.344. The minimum absolute atomic E-state index is 0.0824. The van der Waals surface area contributed by atoms with Crippen LogP contribution in [0.1, 0.15) is 22.0 Å². The first-order chi connectivity index (χ1) is 13.2. The number of ether oxygens (including phenoxy) is 1. The number of carbonyl (C=O) groups is 1. The van der Waals surface area contributed by atoms with E-state index in [1.807, 2.05) is 43.3 Å². The lowest BCUT2D eigenvalue weighted by Crippen LogP contribution is -2.34. The molecule has 0 aliphatic heterocycles. The topological polar surface area (TPSA) is 78.9 Å². The highest BCUT2D eigenvalue weighted by Crippen LogP contribution is 2.27. The van der Waals surface area contributed by atoms with Crippen molar-refractivity contribution < 1.29 is 17.9 Å². The number of benzene rings is 2. The van der Waals surface area contributed by atoms with Crippen LogP contribution in [0.4, 0.5) is 0 Å². The number of likely N-dealkylation sites (N-methyl/N-ethyl adjacent to an activating group) is 1. The first-order valence-electron chi connectivity index (χ1n) is 8.78. The standard InChI is InChI=1S/C20H27N3O4S/c1-22(2)18(17-11-6-7-12-19(17)27-5)14-21-20(24)15-9-8-10-16(13-15)28(25,26)23(3)4/h6-13,18H,14H2,1-5H3,(H,21,24). The molecule has 0 aliphatic rings. The van der Waals surface area contributed by atoms with Gasteiger partial charge in [0.05, 0.1) is 18.0 Å². The van der Waals surface area contributed by atoms with Crippen molar-refractivity contribution in [2.45, 2.75) is 10.9 Å². The van der Waals surface area contributed by atoms with E-state index < -0.39 is 10.0 Å². The Bertz CT molecular complexity index is 927. The molecule has 1 atom stereocenters. The number of para-hydroxylation sites is 1. The summed E-state index contributed by atoms with van der Waals surface area (Å²) < 4.78 is 31.1. The molecule has 1 N–H and O–H groups in total. The van der Waals surface area contributed by atoms with Gasteiger partial charge in [-0.25, -0.2) is 12.7 Å². The van der Waals surface area contributed by atoms with Gasteiger partial charge < -0.3 is 15.0 Å². The van der Waals surface area contributed by atoms with Gasteiger partial charge in [0, 0.05) is 31.8 Å². The van der Waals surface area contributed by atoms with Crippen molar-refractivity contribution in [2.24, 2.45) is 0 Å². The average Bonchev–Trinajstić information content (AvgIpc) is 2.68. The monoisotopic (exact) mass is 405 g/mol. The Balaban J connectivity index is 2.20. The van der Waals surface area contributed by atoms with E-state index in [0.717, 1.165) is 15.6 Å². The van der Waals surface area contributed by atoms with E-state index in [0.29, 0.717) is 12.1 Å². The summed E-state index contributed by atoms with van der Waals surface area (Å²) >= 11 is 0. The summed E-state index contributed by atoms with van der Waals surface area (Å²) in [6.07, 6.45) is 0. The third-order valence-electron chi connectivity index (χ3n) is 4.45. The number of sulfonamides is 1. The Hall–Kier alpha value is -2.42. The summed E-state index contributed by atoms with van der Waals surface area (Å²) in [6, 6.07) is 13.6. The second-order valence-electron chi connectivity index (χ2n) is 6.75. The molecule has 0 aromatic heterocycles. The van der Waals surface area contributed by atoms with Gasteiger partial charge in [-0.3, -0.25) is 4.79 Å². The predicted octanol–water partition coefficient (Wildman–Crippen LogP) is 1.98. The molecule has 2 aromatic rings. The van der Waals surface area contributed by atoms with Crippen LogP contribution in [0.3, 0.4) is 0 Å². The fourth-order valence-electron chi connectivity index (χ4n) is 2.81. The fourth-order valence-corrected chi connectivity index (χ4v) is 3.76. The maximum absolute atomic E-state index is 12.6. The maximum Gasteiger partial charge on any atom is 0.251 e. The largest absolute Gasteiger partial charge is 0.496 e. The average molecular weight is 406 g/mol. The van der Waals surface area contributed by atoms with Gasteiger partial charge in [0.25, 0.3) is 5.91 Å². The van der Waals surface area contributed by atoms with Gasteiger partial charge in [-0.2, -0.15) is 0 Å². The number of nitrogens with one attached hydrogen (secondary N) is 1. The maximum atomic E-state index is 12.6. The van der Waals surface area contributed by atoms with Crippen LogP contribution in [0.15, 0.2) is 53.4 Å². The summed E-state index contributed by atoms with van der Waals surface area (Å²) in [5, 5.41) is 2.89. The highest BCUT2D eigenvalue weighted by Gasteiger charge is 2.21. The lowest BCUT2D eigenvalue weighted by atomic mass is 10.0. The van der Waals surface area contributed by atoms with E-state index in [4.69, 9.17) is 4.74 Å². The zero-order valence-electron chi connectivity index (χ0n) is 16.8. The van der Waals surface area contributed by atoms with Crippen LogP contribution < -0.4 is 10.1 Å². The van der Waals surface area contributed by atoms with E-state index in [1.54, 1.807) is 19.2 Å². The zero-order valence-corrected chi connectivity index (χ0v) is 17.7. The first-order valence-corrected chi connectivity index (χ1v) is 10.2. The Labute approximate surface area is 167 Å². The number of hydrogen-bond acceptors (Lipinski definition) is 5. The van der Waals surface area contributed by atoms with Crippen molar-refractivity contribution in [2.75, 3.05) is 41.8 Å². The van der Waals surface area contributed by atoms with Gasteiger partial charge in [0.2, 0.25) is 10.0 Å². The zero-order chi connectivity index (χ0) is 20.9. The van der Waals surface area contributed by atoms with Crippen molar-refractivity contribution in [3.63, 3.8) is 0 Å². The van der Waals surface area contributed by atoms with Gasteiger partial charge in [-0.1, -0.05) is 24.3 Å². The van der Waals surface area contributed by atoms with Gasteiger partial charge in [-0.05, 0) is 38.4 Å². The number of rotatable bonds is 8. The van der Waals surface area contributed by atoms with E-state index in [1.165, 1.54) is 26.2 Å². The van der Waals surface area contributed by atoms with Crippen LogP contribution in [0, 0.1) is 0 Å². The number of carbonyl (C=O) groups excluding carboxylic acids is 1. The molecule has 28 heavy (non-hydrogen) atoms. The van der Waals surface area contributed by atoms with Gasteiger partial charge in [0.1, 0.15) is 5.75 Å². The quantitative estimate of drug-likeness (QED) is 0.727. The molecule has 0 heterocycles. The van der Waals surface area contributed by atoms with Gasteiger partial charge in [0.15, 0.2) is 0 Å². The molecule has 1 amide bonds. The minimum Gasteiger partial charge on any atom is -0.496 e. The Kier molecular flexibility index (Phi) is 7.17. The van der Waals surface area contributed by atoms with Crippen molar-refractivity contribution in [3.05, 3.63) is 59.7 Å². The van der Waals surface area contributed by atoms with E-state index in [-0.39, 0.29) is 16.8 Å². The molecule has 0 saturated heterocycles. The van der Waals surface area contributed by atoms with Crippen molar-refractivity contribution in [1.29, 1.82) is 0 Å². The molecule has 7 nitrogen and oxygen atoms in total. The molecule has 0 bridgehead atoms. The van der Waals surface area contributed by atoms with Crippen LogP contribution in [0.2, 0.25) is 0 Å². The van der Waals surface area contributed by atoms with Crippen LogP contribution in [-0.2, 0) is 10.0 Å². The lowest BCUT2D eigenvalue weighted by molar-refractivity contribution is 0.0941. The second-order valence-corrected chi connectivity index (χ2v) is 8.90. The third-order valence-corrected chi connectivity index (χ3v) is 6.26. The molecule has 152 valence electrons. The molecule has 0 fully saturated rings. The van der Waals surface area contributed by atoms with Gasteiger partial charge >= 0.3 is 0 Å². The number of hydrogen-bond donors (Lipinski definition) is 1. The summed E-state index contributed by atoms with van der Waals surface area (Å²) in [5.74, 6) is 0.409. The lowest BCUT2D eigenvalue weighted by Gasteiger charge is -2.26. The second kappa shape index (κ2) is 9.18. The highest BCUT2D eigenvalue weighted by atomic mass is 32.2. The Morgan fingerprint density at radius 3 is 2.36 bits per heavy atom. The van der Waals surface area contributed by atoms with E-state index in [2.05, 4.69) is 5.32 Å². The molecular weight excluding hydrogens is 378 g/mol. The fraction of sp³-hybridized carbons (Fsp3) is 0.350. The predicted molar refractivity (Wildman–Crippen MR) is 109 cm³/mol. The van der Waals surface area contributed by atoms with Gasteiger partial charge in [-0.15, -0.1) is 0 Å². The number of amides is 1. The first kappa shape index (κ1) is 21.9. The Morgan fingerprint density at radius 2 is 1.75 bits per heavy atom.